The molecule has 0 saturated heterocycles. The van der Waals surface area contributed by atoms with Crippen LogP contribution >= 0.6 is 0 Å². The molecular weight excluding hydrogens is 200 g/mol. The number of hydrogen-bond donors (Lipinski definition) is 0. The maximum Gasteiger partial charge on any atom is 0.122 e. The summed E-state index contributed by atoms with van der Waals surface area (Å²) in [5.41, 5.74) is 1.23. The van der Waals surface area contributed by atoms with Crippen molar-refractivity contribution in [3.63, 3.8) is 0 Å². The number of benzene rings is 1. The first-order valence-corrected chi connectivity index (χ1v) is 5.37. The van der Waals surface area contributed by atoms with Crippen molar-refractivity contribution in [1.82, 2.24) is 9.78 Å². The number of aromatic nitrogens is 2. The van der Waals surface area contributed by atoms with Crippen LogP contribution in [0, 0.1) is 0 Å². The van der Waals surface area contributed by atoms with Gasteiger partial charge in [0.1, 0.15) is 6.29 Å². The lowest BCUT2D eigenvalue weighted by Crippen LogP contribution is -2.13. The molecule has 1 heterocycles. The standard InChI is InChI=1S/C13H14N2O/c16-10-7-13(15-9-4-8-14-15)11-12-5-2-1-3-6-12/h1-6,8-10,13H,7,11H2. The fraction of sp³-hybridized carbons (Fsp3) is 0.231. The van der Waals surface area contributed by atoms with Crippen molar-refractivity contribution in [3.05, 3.63) is 54.4 Å². The molecule has 1 aromatic carbocycles. The number of nitrogens with zero attached hydrogens (tertiary/aromatic N) is 2. The van der Waals surface area contributed by atoms with Gasteiger partial charge in [0.2, 0.25) is 0 Å². The molecule has 16 heavy (non-hydrogen) atoms. The normalized spacial score (nSPS) is 12.2. The third-order valence-corrected chi connectivity index (χ3v) is 2.58. The van der Waals surface area contributed by atoms with Gasteiger partial charge in [0.25, 0.3) is 0 Å². The minimum atomic E-state index is 0.120. The van der Waals surface area contributed by atoms with Crippen molar-refractivity contribution in [2.45, 2.75) is 18.9 Å². The van der Waals surface area contributed by atoms with Gasteiger partial charge in [-0.1, -0.05) is 30.3 Å². The highest BCUT2D eigenvalue weighted by Gasteiger charge is 2.11. The Labute approximate surface area is 94.7 Å². The van der Waals surface area contributed by atoms with Crippen LogP contribution in [0.15, 0.2) is 48.8 Å². The smallest absolute Gasteiger partial charge is 0.122 e. The van der Waals surface area contributed by atoms with Gasteiger partial charge in [0.15, 0.2) is 0 Å². The number of carbonyl (C=O) groups is 1. The number of aldehydes is 1. The predicted octanol–water partition coefficient (Wildman–Crippen LogP) is 2.26. The topological polar surface area (TPSA) is 34.9 Å². The van der Waals surface area contributed by atoms with Crippen molar-refractivity contribution >= 4 is 6.29 Å². The van der Waals surface area contributed by atoms with Crippen LogP contribution in [0.1, 0.15) is 18.0 Å². The molecule has 0 N–H and O–H groups in total. The van der Waals surface area contributed by atoms with Crippen molar-refractivity contribution in [2.24, 2.45) is 0 Å². The molecule has 0 saturated carbocycles. The summed E-state index contributed by atoms with van der Waals surface area (Å²) in [7, 11) is 0. The van der Waals surface area contributed by atoms with Crippen LogP contribution in [-0.4, -0.2) is 16.1 Å². The SMILES string of the molecule is O=CCC(Cc1ccccc1)n1cccn1. The molecule has 0 aliphatic carbocycles. The van der Waals surface area contributed by atoms with Crippen LogP contribution in [0.25, 0.3) is 0 Å². The van der Waals surface area contributed by atoms with Crippen LogP contribution in [0.3, 0.4) is 0 Å². The van der Waals surface area contributed by atoms with E-state index in [1.807, 2.05) is 35.1 Å². The van der Waals surface area contributed by atoms with E-state index in [4.69, 9.17) is 0 Å². The average Bonchev–Trinajstić information content (AvgIpc) is 2.83. The first-order valence-electron chi connectivity index (χ1n) is 5.37. The molecule has 0 bridgehead atoms. The van der Waals surface area contributed by atoms with Gasteiger partial charge < -0.3 is 4.79 Å². The van der Waals surface area contributed by atoms with Gasteiger partial charge in [-0.25, -0.2) is 0 Å². The lowest BCUT2D eigenvalue weighted by atomic mass is 10.0. The Morgan fingerprint density at radius 3 is 2.69 bits per heavy atom. The van der Waals surface area contributed by atoms with Crippen molar-refractivity contribution in [3.8, 4) is 0 Å². The minimum absolute atomic E-state index is 0.120. The summed E-state index contributed by atoms with van der Waals surface area (Å²) < 4.78 is 1.85. The molecular formula is C13H14N2O. The van der Waals surface area contributed by atoms with E-state index in [1.54, 1.807) is 6.20 Å². The Morgan fingerprint density at radius 1 is 1.25 bits per heavy atom. The van der Waals surface area contributed by atoms with Gasteiger partial charge in [-0.05, 0) is 18.1 Å². The van der Waals surface area contributed by atoms with E-state index in [2.05, 4.69) is 17.2 Å². The third kappa shape index (κ3) is 2.57. The summed E-state index contributed by atoms with van der Waals surface area (Å²) in [4.78, 5) is 10.7. The van der Waals surface area contributed by atoms with E-state index in [0.29, 0.717) is 6.42 Å². The molecule has 1 atom stereocenters. The van der Waals surface area contributed by atoms with Gasteiger partial charge in [0.05, 0.1) is 6.04 Å². The average molecular weight is 214 g/mol. The molecule has 0 spiro atoms. The van der Waals surface area contributed by atoms with Crippen LogP contribution in [0.2, 0.25) is 0 Å². The third-order valence-electron chi connectivity index (χ3n) is 2.58. The zero-order valence-electron chi connectivity index (χ0n) is 8.99. The van der Waals surface area contributed by atoms with Crippen LogP contribution in [-0.2, 0) is 11.2 Å². The Hall–Kier alpha value is -1.90. The molecule has 0 radical (unpaired) electrons. The van der Waals surface area contributed by atoms with Gasteiger partial charge in [-0.15, -0.1) is 0 Å². The zero-order chi connectivity index (χ0) is 11.2. The van der Waals surface area contributed by atoms with E-state index in [-0.39, 0.29) is 6.04 Å². The van der Waals surface area contributed by atoms with Gasteiger partial charge in [-0.2, -0.15) is 5.10 Å². The number of hydrogen-bond acceptors (Lipinski definition) is 2. The molecule has 3 heteroatoms. The molecule has 0 aliphatic rings. The second-order valence-electron chi connectivity index (χ2n) is 3.73. The monoisotopic (exact) mass is 214 g/mol. The molecule has 0 amide bonds. The van der Waals surface area contributed by atoms with Crippen molar-refractivity contribution in [1.29, 1.82) is 0 Å². The number of rotatable bonds is 5. The summed E-state index contributed by atoms with van der Waals surface area (Å²) >= 11 is 0. The fourth-order valence-electron chi connectivity index (χ4n) is 1.78. The second-order valence-corrected chi connectivity index (χ2v) is 3.73. The van der Waals surface area contributed by atoms with Crippen LogP contribution in [0.4, 0.5) is 0 Å². The Morgan fingerprint density at radius 2 is 2.06 bits per heavy atom. The number of carbonyl (C=O) groups excluding carboxylic acids is 1. The molecule has 1 aromatic heterocycles. The quantitative estimate of drug-likeness (QED) is 0.715. The van der Waals surface area contributed by atoms with Gasteiger partial charge in [-0.3, -0.25) is 4.68 Å². The lowest BCUT2D eigenvalue weighted by Gasteiger charge is -2.14. The molecule has 0 aliphatic heterocycles. The van der Waals surface area contributed by atoms with Gasteiger partial charge in [0, 0.05) is 18.8 Å². The van der Waals surface area contributed by atoms with E-state index in [1.165, 1.54) is 5.56 Å². The largest absolute Gasteiger partial charge is 0.303 e. The maximum atomic E-state index is 10.7. The van der Waals surface area contributed by atoms with Crippen LogP contribution < -0.4 is 0 Å². The Bertz CT molecular complexity index is 422. The predicted molar refractivity (Wildman–Crippen MR) is 62.1 cm³/mol. The molecule has 1 unspecified atom stereocenters. The van der Waals surface area contributed by atoms with E-state index in [0.717, 1.165) is 12.7 Å². The maximum absolute atomic E-state index is 10.7. The summed E-state index contributed by atoms with van der Waals surface area (Å²) in [5.74, 6) is 0. The lowest BCUT2D eigenvalue weighted by molar-refractivity contribution is -0.108. The van der Waals surface area contributed by atoms with Gasteiger partial charge >= 0.3 is 0 Å². The molecule has 82 valence electrons. The summed E-state index contributed by atoms with van der Waals surface area (Å²) in [5, 5.41) is 4.19. The van der Waals surface area contributed by atoms with E-state index >= 15 is 0 Å². The van der Waals surface area contributed by atoms with Crippen molar-refractivity contribution < 1.29 is 4.79 Å². The summed E-state index contributed by atoms with van der Waals surface area (Å²) in [6, 6.07) is 12.2. The molecule has 3 nitrogen and oxygen atoms in total. The fourth-order valence-corrected chi connectivity index (χ4v) is 1.78. The zero-order valence-corrected chi connectivity index (χ0v) is 8.99. The second kappa shape index (κ2) is 5.26. The van der Waals surface area contributed by atoms with E-state index < -0.39 is 0 Å². The highest BCUT2D eigenvalue weighted by Crippen LogP contribution is 2.15. The van der Waals surface area contributed by atoms with Crippen LogP contribution in [0.5, 0.6) is 0 Å². The summed E-state index contributed by atoms with van der Waals surface area (Å²) in [6.07, 6.45) is 5.92. The molecule has 0 fully saturated rings. The minimum Gasteiger partial charge on any atom is -0.303 e. The summed E-state index contributed by atoms with van der Waals surface area (Å²) in [6.45, 7) is 0. The Balaban J connectivity index is 2.12. The molecule has 2 aromatic rings. The van der Waals surface area contributed by atoms with E-state index in [9.17, 15) is 4.79 Å². The highest BCUT2D eigenvalue weighted by molar-refractivity contribution is 5.50. The first-order chi connectivity index (χ1) is 7.90. The highest BCUT2D eigenvalue weighted by atomic mass is 16.1. The Kier molecular flexibility index (Phi) is 3.49. The first kappa shape index (κ1) is 10.6. The molecule has 2 rings (SSSR count). The van der Waals surface area contributed by atoms with Crippen molar-refractivity contribution in [2.75, 3.05) is 0 Å².